The van der Waals surface area contributed by atoms with Crippen molar-refractivity contribution in [3.63, 3.8) is 0 Å². The summed E-state index contributed by atoms with van der Waals surface area (Å²) in [5, 5.41) is 9.45. The molecular weight excluding hydrogens is 348 g/mol. The van der Waals surface area contributed by atoms with Gasteiger partial charge in [0.15, 0.2) is 5.82 Å². The fraction of sp³-hybridized carbons (Fsp3) is 0.450. The fourth-order valence-electron chi connectivity index (χ4n) is 3.39. The van der Waals surface area contributed by atoms with Gasteiger partial charge in [-0.05, 0) is 49.1 Å². The number of hydrogen-bond acceptors (Lipinski definition) is 4. The summed E-state index contributed by atoms with van der Waals surface area (Å²) in [7, 11) is 0. The molecule has 1 aromatic carbocycles. The first-order valence-electron chi connectivity index (χ1n) is 9.30. The molecule has 4 rings (SSSR count). The topological polar surface area (TPSA) is 49.3 Å². The molecule has 6 heteroatoms. The van der Waals surface area contributed by atoms with E-state index in [0.717, 1.165) is 54.7 Å². The number of rotatable bonds is 5. The van der Waals surface area contributed by atoms with Crippen LogP contribution in [0.3, 0.4) is 0 Å². The Morgan fingerprint density at radius 2 is 1.88 bits per heavy atom. The average molecular weight is 371 g/mol. The second-order valence-corrected chi connectivity index (χ2v) is 7.52. The van der Waals surface area contributed by atoms with Crippen molar-refractivity contribution in [3.8, 4) is 0 Å². The van der Waals surface area contributed by atoms with Gasteiger partial charge >= 0.3 is 0 Å². The van der Waals surface area contributed by atoms with Crippen LogP contribution in [0.15, 0.2) is 36.4 Å². The highest BCUT2D eigenvalue weighted by Crippen LogP contribution is 2.38. The van der Waals surface area contributed by atoms with Crippen LogP contribution in [0.2, 0.25) is 5.02 Å². The fourth-order valence-corrected chi connectivity index (χ4v) is 3.60. The molecule has 1 saturated heterocycles. The second-order valence-electron chi connectivity index (χ2n) is 7.09. The van der Waals surface area contributed by atoms with E-state index in [1.807, 2.05) is 29.2 Å². The first-order chi connectivity index (χ1) is 12.7. The molecule has 2 aliphatic rings. The number of nitrogens with zero attached hydrogens (tertiary/aromatic N) is 4. The average Bonchev–Trinajstić information content (AvgIpc) is 3.52. The lowest BCUT2D eigenvalue weighted by Crippen LogP contribution is -2.49. The van der Waals surface area contributed by atoms with Gasteiger partial charge in [-0.1, -0.05) is 23.7 Å². The van der Waals surface area contributed by atoms with Crippen LogP contribution >= 0.6 is 11.6 Å². The SMILES string of the molecule is O=C(CCc1cccc(Cl)c1)N1CCN(c2ccc(C3CC3)nn2)CC1. The number of aromatic nitrogens is 2. The summed E-state index contributed by atoms with van der Waals surface area (Å²) in [6.45, 7) is 3.08. The monoisotopic (exact) mass is 370 g/mol. The molecule has 1 aliphatic heterocycles. The molecule has 26 heavy (non-hydrogen) atoms. The number of carbonyl (C=O) groups is 1. The molecule has 2 heterocycles. The molecule has 2 aromatic rings. The van der Waals surface area contributed by atoms with Crippen molar-refractivity contribution in [2.45, 2.75) is 31.6 Å². The molecule has 0 N–H and O–H groups in total. The summed E-state index contributed by atoms with van der Waals surface area (Å²) >= 11 is 6.00. The minimum atomic E-state index is 0.208. The van der Waals surface area contributed by atoms with Crippen molar-refractivity contribution in [1.29, 1.82) is 0 Å². The summed E-state index contributed by atoms with van der Waals surface area (Å²) in [6, 6.07) is 11.9. The summed E-state index contributed by atoms with van der Waals surface area (Å²) in [6.07, 6.45) is 3.73. The normalized spacial score (nSPS) is 17.4. The highest BCUT2D eigenvalue weighted by atomic mass is 35.5. The van der Waals surface area contributed by atoms with Crippen LogP contribution in [0.25, 0.3) is 0 Å². The van der Waals surface area contributed by atoms with Gasteiger partial charge in [0.2, 0.25) is 5.91 Å². The Kier molecular flexibility index (Phi) is 5.07. The van der Waals surface area contributed by atoms with Gasteiger partial charge in [0.1, 0.15) is 0 Å². The van der Waals surface area contributed by atoms with Crippen LogP contribution in [0.1, 0.15) is 36.4 Å². The molecule has 0 unspecified atom stereocenters. The van der Waals surface area contributed by atoms with E-state index in [4.69, 9.17) is 11.6 Å². The number of halogens is 1. The molecule has 5 nitrogen and oxygen atoms in total. The predicted molar refractivity (Wildman–Crippen MR) is 103 cm³/mol. The van der Waals surface area contributed by atoms with Crippen LogP contribution < -0.4 is 4.90 Å². The minimum Gasteiger partial charge on any atom is -0.352 e. The lowest BCUT2D eigenvalue weighted by atomic mass is 10.1. The van der Waals surface area contributed by atoms with Crippen molar-refractivity contribution in [2.24, 2.45) is 0 Å². The van der Waals surface area contributed by atoms with Gasteiger partial charge in [0, 0.05) is 43.5 Å². The summed E-state index contributed by atoms with van der Waals surface area (Å²) in [5.41, 5.74) is 2.22. The third-order valence-corrected chi connectivity index (χ3v) is 5.37. The lowest BCUT2D eigenvalue weighted by molar-refractivity contribution is -0.131. The van der Waals surface area contributed by atoms with E-state index in [1.54, 1.807) is 0 Å². The number of hydrogen-bond donors (Lipinski definition) is 0. The van der Waals surface area contributed by atoms with E-state index in [-0.39, 0.29) is 5.91 Å². The van der Waals surface area contributed by atoms with Gasteiger partial charge in [0.25, 0.3) is 0 Å². The number of aryl methyl sites for hydroxylation is 1. The largest absolute Gasteiger partial charge is 0.352 e. The Morgan fingerprint density at radius 1 is 1.08 bits per heavy atom. The van der Waals surface area contributed by atoms with E-state index in [2.05, 4.69) is 27.2 Å². The van der Waals surface area contributed by atoms with Gasteiger partial charge in [0.05, 0.1) is 5.69 Å². The third kappa shape index (κ3) is 4.15. The molecule has 0 radical (unpaired) electrons. The van der Waals surface area contributed by atoms with Crippen LogP contribution in [0, 0.1) is 0 Å². The smallest absolute Gasteiger partial charge is 0.223 e. The van der Waals surface area contributed by atoms with Crippen LogP contribution in [0.4, 0.5) is 5.82 Å². The van der Waals surface area contributed by atoms with Crippen molar-refractivity contribution in [3.05, 3.63) is 52.7 Å². The maximum atomic E-state index is 12.5. The Bertz CT molecular complexity index is 768. The second kappa shape index (κ2) is 7.62. The molecule has 0 atom stereocenters. The van der Waals surface area contributed by atoms with Crippen molar-refractivity contribution in [1.82, 2.24) is 15.1 Å². The molecule has 0 bridgehead atoms. The summed E-state index contributed by atoms with van der Waals surface area (Å²) in [4.78, 5) is 16.6. The van der Waals surface area contributed by atoms with Crippen molar-refractivity contribution in [2.75, 3.05) is 31.1 Å². The van der Waals surface area contributed by atoms with Crippen molar-refractivity contribution < 1.29 is 4.79 Å². The molecule has 136 valence electrons. The molecular formula is C20H23ClN4O. The lowest BCUT2D eigenvalue weighted by Gasteiger charge is -2.35. The molecule has 1 saturated carbocycles. The van der Waals surface area contributed by atoms with Gasteiger partial charge < -0.3 is 9.80 Å². The van der Waals surface area contributed by atoms with E-state index < -0.39 is 0 Å². The Morgan fingerprint density at radius 3 is 2.54 bits per heavy atom. The molecule has 2 fully saturated rings. The molecule has 1 aromatic heterocycles. The van der Waals surface area contributed by atoms with Crippen LogP contribution in [-0.2, 0) is 11.2 Å². The number of benzene rings is 1. The Balaban J connectivity index is 1.26. The van der Waals surface area contributed by atoms with E-state index >= 15 is 0 Å². The quantitative estimate of drug-likeness (QED) is 0.810. The maximum absolute atomic E-state index is 12.5. The number of piperazine rings is 1. The zero-order chi connectivity index (χ0) is 17.9. The van der Waals surface area contributed by atoms with E-state index in [9.17, 15) is 4.79 Å². The number of amides is 1. The highest BCUT2D eigenvalue weighted by molar-refractivity contribution is 6.30. The number of anilines is 1. The van der Waals surface area contributed by atoms with E-state index in [1.165, 1.54) is 12.8 Å². The Hall–Kier alpha value is -2.14. The zero-order valence-electron chi connectivity index (χ0n) is 14.8. The number of carbonyl (C=O) groups excluding carboxylic acids is 1. The van der Waals surface area contributed by atoms with Gasteiger partial charge in [-0.2, -0.15) is 5.10 Å². The summed E-state index contributed by atoms with van der Waals surface area (Å²) in [5.74, 6) is 1.76. The predicted octanol–water partition coefficient (Wildman–Crippen LogP) is 3.29. The standard InChI is InChI=1S/C20H23ClN4O/c21-17-3-1-2-15(14-17)4-9-20(26)25-12-10-24(11-13-25)19-8-7-18(22-23-19)16-5-6-16/h1-3,7-8,14,16H,4-6,9-13H2. The minimum absolute atomic E-state index is 0.208. The zero-order valence-corrected chi connectivity index (χ0v) is 15.5. The van der Waals surface area contributed by atoms with Crippen molar-refractivity contribution >= 4 is 23.3 Å². The molecule has 1 aliphatic carbocycles. The van der Waals surface area contributed by atoms with Gasteiger partial charge in [-0.25, -0.2) is 0 Å². The van der Waals surface area contributed by atoms with Crippen LogP contribution in [0.5, 0.6) is 0 Å². The van der Waals surface area contributed by atoms with Gasteiger partial charge in [-0.15, -0.1) is 5.10 Å². The maximum Gasteiger partial charge on any atom is 0.223 e. The summed E-state index contributed by atoms with van der Waals surface area (Å²) < 4.78 is 0. The first kappa shape index (κ1) is 17.3. The highest BCUT2D eigenvalue weighted by Gasteiger charge is 2.26. The Labute approximate surface area is 159 Å². The molecule has 0 spiro atoms. The third-order valence-electron chi connectivity index (χ3n) is 5.14. The van der Waals surface area contributed by atoms with Gasteiger partial charge in [-0.3, -0.25) is 4.79 Å². The van der Waals surface area contributed by atoms with E-state index in [0.29, 0.717) is 12.3 Å². The first-order valence-corrected chi connectivity index (χ1v) is 9.67. The van der Waals surface area contributed by atoms with Crippen LogP contribution in [-0.4, -0.2) is 47.2 Å². The molecule has 1 amide bonds.